The largest absolute Gasteiger partial charge is 0.378 e. The maximum atomic E-state index is 12.8. The lowest BCUT2D eigenvalue weighted by atomic mass is 10.2. The Kier molecular flexibility index (Phi) is 4.46. The van der Waals surface area contributed by atoms with Gasteiger partial charge in [-0.25, -0.2) is 0 Å². The van der Waals surface area contributed by atoms with Crippen LogP contribution >= 0.6 is 0 Å². The topological polar surface area (TPSA) is 85.5 Å². The van der Waals surface area contributed by atoms with E-state index in [0.29, 0.717) is 63.9 Å². The zero-order valence-electron chi connectivity index (χ0n) is 14.8. The van der Waals surface area contributed by atoms with Crippen LogP contribution in [0.5, 0.6) is 0 Å². The number of rotatable bonds is 3. The number of morpholine rings is 1. The van der Waals surface area contributed by atoms with E-state index in [2.05, 4.69) is 10.2 Å². The number of nitrogens with zero attached hydrogens (tertiary/aromatic N) is 6. The Balaban J connectivity index is 1.50. The van der Waals surface area contributed by atoms with Crippen molar-refractivity contribution in [3.63, 3.8) is 0 Å². The summed E-state index contributed by atoms with van der Waals surface area (Å²) in [6.07, 6.45) is 1.64. The minimum absolute atomic E-state index is 0.0437. The molecule has 9 heteroatoms. The van der Waals surface area contributed by atoms with Crippen molar-refractivity contribution in [2.24, 2.45) is 0 Å². The molecule has 4 heterocycles. The first-order valence-corrected chi connectivity index (χ1v) is 8.92. The number of aryl methyl sites for hydroxylation is 1. The van der Waals surface area contributed by atoms with Gasteiger partial charge >= 0.3 is 0 Å². The first-order valence-electron chi connectivity index (χ1n) is 8.92. The van der Waals surface area contributed by atoms with Crippen molar-refractivity contribution in [2.75, 3.05) is 32.8 Å². The van der Waals surface area contributed by atoms with E-state index in [4.69, 9.17) is 4.74 Å². The van der Waals surface area contributed by atoms with Crippen LogP contribution in [0.1, 0.15) is 33.6 Å². The summed E-state index contributed by atoms with van der Waals surface area (Å²) in [5, 5.41) is 8.61. The highest BCUT2D eigenvalue weighted by molar-refractivity contribution is 5.93. The van der Waals surface area contributed by atoms with Gasteiger partial charge in [-0.15, -0.1) is 0 Å². The zero-order valence-corrected chi connectivity index (χ0v) is 14.8. The number of fused-ring (bicyclic) bond motifs is 1. The van der Waals surface area contributed by atoms with Crippen molar-refractivity contribution in [2.45, 2.75) is 26.6 Å². The molecule has 138 valence electrons. The van der Waals surface area contributed by atoms with Gasteiger partial charge in [0.1, 0.15) is 5.69 Å². The predicted molar refractivity (Wildman–Crippen MR) is 91.6 cm³/mol. The number of ether oxygens (including phenoxy) is 1. The van der Waals surface area contributed by atoms with Gasteiger partial charge in [0.25, 0.3) is 11.8 Å². The van der Waals surface area contributed by atoms with Crippen LogP contribution in [0.3, 0.4) is 0 Å². The van der Waals surface area contributed by atoms with Crippen LogP contribution in [0.2, 0.25) is 0 Å². The molecule has 4 rings (SSSR count). The van der Waals surface area contributed by atoms with Crippen LogP contribution in [-0.2, 0) is 24.4 Å². The van der Waals surface area contributed by atoms with Crippen molar-refractivity contribution in [3.8, 4) is 0 Å². The quantitative estimate of drug-likeness (QED) is 0.784. The molecule has 2 aromatic rings. The highest BCUT2D eigenvalue weighted by atomic mass is 16.5. The van der Waals surface area contributed by atoms with Crippen molar-refractivity contribution >= 4 is 11.8 Å². The molecule has 0 radical (unpaired) electrons. The van der Waals surface area contributed by atoms with E-state index < -0.39 is 0 Å². The molecule has 1 saturated heterocycles. The van der Waals surface area contributed by atoms with Gasteiger partial charge < -0.3 is 14.5 Å². The smallest absolute Gasteiger partial charge is 0.274 e. The molecular formula is C17H22N6O3. The van der Waals surface area contributed by atoms with Crippen LogP contribution in [0.15, 0.2) is 18.3 Å². The molecule has 0 N–H and O–H groups in total. The molecular weight excluding hydrogens is 336 g/mol. The highest BCUT2D eigenvalue weighted by Crippen LogP contribution is 2.17. The second-order valence-electron chi connectivity index (χ2n) is 6.41. The summed E-state index contributed by atoms with van der Waals surface area (Å²) in [6, 6.07) is 3.54. The summed E-state index contributed by atoms with van der Waals surface area (Å²) in [5.41, 5.74) is 1.91. The van der Waals surface area contributed by atoms with Gasteiger partial charge in [-0.3, -0.25) is 19.0 Å². The van der Waals surface area contributed by atoms with Gasteiger partial charge in [-0.05, 0) is 19.1 Å². The third kappa shape index (κ3) is 2.98. The van der Waals surface area contributed by atoms with Crippen molar-refractivity contribution in [1.82, 2.24) is 29.4 Å². The monoisotopic (exact) mass is 358 g/mol. The average molecular weight is 358 g/mol. The molecule has 2 aliphatic rings. The Morgan fingerprint density at radius 3 is 2.69 bits per heavy atom. The van der Waals surface area contributed by atoms with Crippen molar-refractivity contribution < 1.29 is 14.3 Å². The lowest BCUT2D eigenvalue weighted by Crippen LogP contribution is -2.41. The Hall–Kier alpha value is -2.68. The molecule has 0 atom stereocenters. The highest BCUT2D eigenvalue weighted by Gasteiger charge is 2.28. The molecule has 0 spiro atoms. The summed E-state index contributed by atoms with van der Waals surface area (Å²) in [4.78, 5) is 28.9. The Morgan fingerprint density at radius 2 is 1.92 bits per heavy atom. The summed E-state index contributed by atoms with van der Waals surface area (Å²) >= 11 is 0. The van der Waals surface area contributed by atoms with E-state index in [1.807, 2.05) is 11.6 Å². The molecule has 0 bridgehead atoms. The fourth-order valence-corrected chi connectivity index (χ4v) is 3.40. The maximum absolute atomic E-state index is 12.8. The van der Waals surface area contributed by atoms with Crippen LogP contribution in [0.25, 0.3) is 0 Å². The minimum Gasteiger partial charge on any atom is -0.378 e. The maximum Gasteiger partial charge on any atom is 0.274 e. The molecule has 26 heavy (non-hydrogen) atoms. The van der Waals surface area contributed by atoms with Gasteiger partial charge in [-0.1, -0.05) is 0 Å². The van der Waals surface area contributed by atoms with Gasteiger partial charge in [0.2, 0.25) is 0 Å². The number of amides is 2. The average Bonchev–Trinajstić information content (AvgIpc) is 3.33. The summed E-state index contributed by atoms with van der Waals surface area (Å²) < 4.78 is 8.81. The Bertz CT molecular complexity index is 820. The Labute approximate surface area is 151 Å². The molecule has 1 fully saturated rings. The third-order valence-corrected chi connectivity index (χ3v) is 4.84. The van der Waals surface area contributed by atoms with E-state index in [1.54, 1.807) is 32.8 Å². The normalized spacial score (nSPS) is 17.3. The zero-order chi connectivity index (χ0) is 18.1. The van der Waals surface area contributed by atoms with E-state index in [-0.39, 0.29) is 11.8 Å². The molecule has 0 saturated carbocycles. The summed E-state index contributed by atoms with van der Waals surface area (Å²) in [7, 11) is 0. The molecule has 0 unspecified atom stereocenters. The van der Waals surface area contributed by atoms with Crippen LogP contribution in [0, 0.1) is 0 Å². The van der Waals surface area contributed by atoms with E-state index in [1.165, 1.54) is 0 Å². The SMILES string of the molecule is CCn1nccc1C(=O)N1CCn2nc(C(=O)N3CCOCC3)cc2C1. The summed E-state index contributed by atoms with van der Waals surface area (Å²) in [5.74, 6) is -0.116. The molecule has 9 nitrogen and oxygen atoms in total. The number of hydrogen-bond acceptors (Lipinski definition) is 5. The van der Waals surface area contributed by atoms with Crippen LogP contribution in [0.4, 0.5) is 0 Å². The standard InChI is InChI=1S/C17H22N6O3/c1-2-22-15(3-4-18-22)17(25)21-5-6-23-13(12-21)11-14(19-23)16(24)20-7-9-26-10-8-20/h3-4,11H,2,5-10,12H2,1H3. The van der Waals surface area contributed by atoms with Gasteiger partial charge in [0, 0.05) is 32.4 Å². The molecule has 2 aliphatic heterocycles. The first kappa shape index (κ1) is 16.8. The lowest BCUT2D eigenvalue weighted by molar-refractivity contribution is 0.0298. The Morgan fingerprint density at radius 1 is 1.12 bits per heavy atom. The van der Waals surface area contributed by atoms with E-state index in [9.17, 15) is 9.59 Å². The van der Waals surface area contributed by atoms with E-state index in [0.717, 1.165) is 5.69 Å². The van der Waals surface area contributed by atoms with E-state index >= 15 is 0 Å². The minimum atomic E-state index is -0.0721. The van der Waals surface area contributed by atoms with Gasteiger partial charge in [0.05, 0.1) is 32.0 Å². The van der Waals surface area contributed by atoms with Crippen molar-refractivity contribution in [1.29, 1.82) is 0 Å². The first-order chi connectivity index (χ1) is 12.7. The molecule has 2 amide bonds. The van der Waals surface area contributed by atoms with Crippen molar-refractivity contribution in [3.05, 3.63) is 35.4 Å². The number of carbonyl (C=O) groups is 2. The second-order valence-corrected chi connectivity index (χ2v) is 6.41. The third-order valence-electron chi connectivity index (χ3n) is 4.84. The predicted octanol–water partition coefficient (Wildman–Crippen LogP) is 0.228. The van der Waals surface area contributed by atoms with Gasteiger partial charge in [-0.2, -0.15) is 10.2 Å². The lowest BCUT2D eigenvalue weighted by Gasteiger charge is -2.27. The molecule has 2 aromatic heterocycles. The fourth-order valence-electron chi connectivity index (χ4n) is 3.40. The summed E-state index contributed by atoms with van der Waals surface area (Å²) in [6.45, 7) is 6.50. The second kappa shape index (κ2) is 6.91. The molecule has 0 aromatic carbocycles. The van der Waals surface area contributed by atoms with Gasteiger partial charge in [0.15, 0.2) is 5.69 Å². The van der Waals surface area contributed by atoms with Crippen LogP contribution in [-0.4, -0.2) is 74.0 Å². The number of hydrogen-bond donors (Lipinski definition) is 0. The molecule has 0 aliphatic carbocycles. The fraction of sp³-hybridized carbons (Fsp3) is 0.529. The number of carbonyl (C=O) groups excluding carboxylic acids is 2. The number of aromatic nitrogens is 4. The van der Waals surface area contributed by atoms with Crippen LogP contribution < -0.4 is 0 Å².